The molecule has 0 radical (unpaired) electrons. The molecule has 0 spiro atoms. The van der Waals surface area contributed by atoms with Gasteiger partial charge < -0.3 is 5.11 Å². The monoisotopic (exact) mass is 182 g/mol. The van der Waals surface area contributed by atoms with Crippen LogP contribution in [0, 0.1) is 5.92 Å². The molecule has 0 aromatic carbocycles. The smallest absolute Gasteiger partial charge is 0.155 e. The summed E-state index contributed by atoms with van der Waals surface area (Å²) in [6.07, 6.45) is 6.87. The first kappa shape index (κ1) is 10.5. The number of rotatable bonds is 4. The molecule has 1 saturated carbocycles. The van der Waals surface area contributed by atoms with E-state index in [9.17, 15) is 9.90 Å². The van der Waals surface area contributed by atoms with Gasteiger partial charge in [-0.3, -0.25) is 4.79 Å². The Kier molecular flexibility index (Phi) is 4.16. The van der Waals surface area contributed by atoms with E-state index in [1.54, 1.807) is 0 Å². The van der Waals surface area contributed by atoms with E-state index in [0.29, 0.717) is 12.3 Å². The first-order valence-electron chi connectivity index (χ1n) is 5.05. The van der Waals surface area contributed by atoms with E-state index in [2.05, 4.69) is 6.58 Å². The van der Waals surface area contributed by atoms with Crippen LogP contribution < -0.4 is 0 Å². The summed E-state index contributed by atoms with van der Waals surface area (Å²) in [5.41, 5.74) is 0. The van der Waals surface area contributed by atoms with Gasteiger partial charge in [0.05, 0.1) is 6.10 Å². The minimum absolute atomic E-state index is 0.125. The standard InChI is InChI=1S/C11H18O2/c1-2-10(12)7-6-9-4-3-5-11(13)8-9/h2,9,11,13H,1,3-8H2. The molecule has 0 saturated heterocycles. The van der Waals surface area contributed by atoms with E-state index >= 15 is 0 Å². The van der Waals surface area contributed by atoms with Gasteiger partial charge in [0.15, 0.2) is 5.78 Å². The number of aliphatic hydroxyl groups is 1. The van der Waals surface area contributed by atoms with Gasteiger partial charge in [-0.2, -0.15) is 0 Å². The molecule has 1 aliphatic carbocycles. The lowest BCUT2D eigenvalue weighted by atomic mass is 9.84. The maximum Gasteiger partial charge on any atom is 0.155 e. The van der Waals surface area contributed by atoms with Crippen molar-refractivity contribution in [1.82, 2.24) is 0 Å². The number of carbonyl (C=O) groups is 1. The lowest BCUT2D eigenvalue weighted by molar-refractivity contribution is -0.115. The first-order valence-corrected chi connectivity index (χ1v) is 5.05. The number of aliphatic hydroxyl groups excluding tert-OH is 1. The minimum atomic E-state index is -0.127. The predicted molar refractivity (Wildman–Crippen MR) is 52.4 cm³/mol. The molecule has 0 amide bonds. The highest BCUT2D eigenvalue weighted by atomic mass is 16.3. The summed E-state index contributed by atoms with van der Waals surface area (Å²) in [4.78, 5) is 11.0. The maximum absolute atomic E-state index is 11.0. The largest absolute Gasteiger partial charge is 0.393 e. The second-order valence-electron chi connectivity index (χ2n) is 3.90. The van der Waals surface area contributed by atoms with Gasteiger partial charge in [-0.1, -0.05) is 19.4 Å². The fraction of sp³-hybridized carbons (Fsp3) is 0.727. The van der Waals surface area contributed by atoms with Crippen molar-refractivity contribution in [3.63, 3.8) is 0 Å². The fourth-order valence-electron chi connectivity index (χ4n) is 1.97. The van der Waals surface area contributed by atoms with E-state index in [1.807, 2.05) is 0 Å². The van der Waals surface area contributed by atoms with Crippen LogP contribution >= 0.6 is 0 Å². The van der Waals surface area contributed by atoms with Crippen LogP contribution in [-0.2, 0) is 4.79 Å². The molecule has 1 fully saturated rings. The third-order valence-corrected chi connectivity index (χ3v) is 2.78. The molecule has 0 heterocycles. The molecule has 74 valence electrons. The third-order valence-electron chi connectivity index (χ3n) is 2.78. The van der Waals surface area contributed by atoms with Gasteiger partial charge in [0.2, 0.25) is 0 Å². The summed E-state index contributed by atoms with van der Waals surface area (Å²) < 4.78 is 0. The summed E-state index contributed by atoms with van der Waals surface area (Å²) in [6, 6.07) is 0. The molecule has 2 unspecified atom stereocenters. The molecular weight excluding hydrogens is 164 g/mol. The summed E-state index contributed by atoms with van der Waals surface area (Å²) in [5.74, 6) is 0.674. The molecule has 0 aromatic rings. The molecule has 0 aliphatic heterocycles. The van der Waals surface area contributed by atoms with Crippen LogP contribution in [0.15, 0.2) is 12.7 Å². The number of carbonyl (C=O) groups excluding carboxylic acids is 1. The summed E-state index contributed by atoms with van der Waals surface area (Å²) in [6.45, 7) is 3.44. The highest BCUT2D eigenvalue weighted by Crippen LogP contribution is 2.27. The van der Waals surface area contributed by atoms with Gasteiger partial charge in [0.25, 0.3) is 0 Å². The van der Waals surface area contributed by atoms with Crippen molar-refractivity contribution >= 4 is 5.78 Å². The fourth-order valence-corrected chi connectivity index (χ4v) is 1.97. The van der Waals surface area contributed by atoms with Gasteiger partial charge in [-0.15, -0.1) is 0 Å². The van der Waals surface area contributed by atoms with E-state index in [1.165, 1.54) is 12.5 Å². The highest BCUT2D eigenvalue weighted by Gasteiger charge is 2.19. The summed E-state index contributed by atoms with van der Waals surface area (Å²) >= 11 is 0. The maximum atomic E-state index is 11.0. The van der Waals surface area contributed by atoms with Crippen molar-refractivity contribution in [1.29, 1.82) is 0 Å². The SMILES string of the molecule is C=CC(=O)CCC1CCCC(O)C1. The highest BCUT2D eigenvalue weighted by molar-refractivity contribution is 5.88. The topological polar surface area (TPSA) is 37.3 Å². The van der Waals surface area contributed by atoms with Crippen LogP contribution in [0.2, 0.25) is 0 Å². The van der Waals surface area contributed by atoms with E-state index in [4.69, 9.17) is 0 Å². The second-order valence-corrected chi connectivity index (χ2v) is 3.90. The van der Waals surface area contributed by atoms with Crippen LogP contribution in [0.25, 0.3) is 0 Å². The molecule has 1 aliphatic rings. The van der Waals surface area contributed by atoms with Crippen LogP contribution in [0.3, 0.4) is 0 Å². The number of ketones is 1. The Labute approximate surface area is 79.6 Å². The second kappa shape index (κ2) is 5.18. The molecule has 0 aromatic heterocycles. The van der Waals surface area contributed by atoms with Crippen LogP contribution in [0.4, 0.5) is 0 Å². The molecule has 2 atom stereocenters. The van der Waals surface area contributed by atoms with Crippen molar-refractivity contribution in [3.05, 3.63) is 12.7 Å². The summed E-state index contributed by atoms with van der Waals surface area (Å²) in [7, 11) is 0. The van der Waals surface area contributed by atoms with Gasteiger partial charge in [0, 0.05) is 6.42 Å². The van der Waals surface area contributed by atoms with Crippen molar-refractivity contribution in [2.24, 2.45) is 5.92 Å². The van der Waals surface area contributed by atoms with Crippen molar-refractivity contribution in [3.8, 4) is 0 Å². The van der Waals surface area contributed by atoms with E-state index in [-0.39, 0.29) is 11.9 Å². The Balaban J connectivity index is 2.20. The molecule has 2 nitrogen and oxygen atoms in total. The van der Waals surface area contributed by atoms with E-state index < -0.39 is 0 Å². The Morgan fingerprint density at radius 3 is 2.92 bits per heavy atom. The number of allylic oxidation sites excluding steroid dienone is 1. The lowest BCUT2D eigenvalue weighted by Gasteiger charge is -2.25. The number of hydrogen-bond acceptors (Lipinski definition) is 2. The zero-order chi connectivity index (χ0) is 9.68. The third kappa shape index (κ3) is 3.73. The molecule has 13 heavy (non-hydrogen) atoms. The lowest BCUT2D eigenvalue weighted by Crippen LogP contribution is -2.19. The average molecular weight is 182 g/mol. The Bertz CT molecular complexity index is 187. The molecule has 2 heteroatoms. The quantitative estimate of drug-likeness (QED) is 0.676. The minimum Gasteiger partial charge on any atom is -0.393 e. The zero-order valence-corrected chi connectivity index (χ0v) is 8.04. The van der Waals surface area contributed by atoms with E-state index in [0.717, 1.165) is 25.7 Å². The first-order chi connectivity index (χ1) is 6.22. The molecule has 1 rings (SSSR count). The molecule has 1 N–H and O–H groups in total. The summed E-state index contributed by atoms with van der Waals surface area (Å²) in [5, 5.41) is 9.40. The normalized spacial score (nSPS) is 28.4. The molecular formula is C11H18O2. The zero-order valence-electron chi connectivity index (χ0n) is 8.04. The Morgan fingerprint density at radius 1 is 1.54 bits per heavy atom. The van der Waals surface area contributed by atoms with Gasteiger partial charge >= 0.3 is 0 Å². The van der Waals surface area contributed by atoms with Gasteiger partial charge in [-0.05, 0) is 31.3 Å². The van der Waals surface area contributed by atoms with Gasteiger partial charge in [-0.25, -0.2) is 0 Å². The van der Waals surface area contributed by atoms with Crippen LogP contribution in [0.1, 0.15) is 38.5 Å². The van der Waals surface area contributed by atoms with Crippen molar-refractivity contribution in [2.45, 2.75) is 44.6 Å². The van der Waals surface area contributed by atoms with Gasteiger partial charge in [0.1, 0.15) is 0 Å². The van der Waals surface area contributed by atoms with Crippen molar-refractivity contribution < 1.29 is 9.90 Å². The van der Waals surface area contributed by atoms with Crippen LogP contribution in [-0.4, -0.2) is 17.0 Å². The average Bonchev–Trinajstić information content (AvgIpc) is 2.14. The molecule has 0 bridgehead atoms. The Morgan fingerprint density at radius 2 is 2.31 bits per heavy atom. The van der Waals surface area contributed by atoms with Crippen LogP contribution in [0.5, 0.6) is 0 Å². The Hall–Kier alpha value is -0.630. The van der Waals surface area contributed by atoms with Crippen molar-refractivity contribution in [2.75, 3.05) is 0 Å². The number of hydrogen-bond donors (Lipinski definition) is 1. The predicted octanol–water partition coefficient (Wildman–Crippen LogP) is 2.07.